The second-order valence-corrected chi connectivity index (χ2v) is 7.32. The third-order valence-electron chi connectivity index (χ3n) is 4.12. The Labute approximate surface area is 199 Å². The highest BCUT2D eigenvalue weighted by atomic mass is 32.1. The van der Waals surface area contributed by atoms with Gasteiger partial charge in [-0.05, 0) is 12.8 Å². The average molecular weight is 508 g/mol. The van der Waals surface area contributed by atoms with E-state index < -0.39 is 72.6 Å². The van der Waals surface area contributed by atoms with Crippen molar-refractivity contribution in [1.82, 2.24) is 16.0 Å². The van der Waals surface area contributed by atoms with Crippen molar-refractivity contribution < 1.29 is 44.1 Å². The van der Waals surface area contributed by atoms with Crippen LogP contribution in [0.3, 0.4) is 0 Å². The SMILES string of the molecule is NC(N)=NCCCC(NC(=O)C(CC(=O)O)NC(=O)C(N)CS)C(=O)NC(CC(=O)O)C(=O)O. The molecule has 0 fully saturated rings. The van der Waals surface area contributed by atoms with Gasteiger partial charge in [0, 0.05) is 12.3 Å². The molecule has 0 aliphatic heterocycles. The van der Waals surface area contributed by atoms with Gasteiger partial charge in [-0.3, -0.25) is 29.0 Å². The Morgan fingerprint density at radius 1 is 0.794 bits per heavy atom. The largest absolute Gasteiger partial charge is 0.481 e. The summed E-state index contributed by atoms with van der Waals surface area (Å²) in [7, 11) is 0. The van der Waals surface area contributed by atoms with E-state index in [0.717, 1.165) is 0 Å². The number of nitrogens with zero attached hydrogens (tertiary/aromatic N) is 1. The number of guanidine groups is 1. The number of hydrogen-bond acceptors (Lipinski definition) is 9. The lowest BCUT2D eigenvalue weighted by Gasteiger charge is -2.24. The molecule has 0 heterocycles. The van der Waals surface area contributed by atoms with Crippen LogP contribution in [0.2, 0.25) is 0 Å². The lowest BCUT2D eigenvalue weighted by Crippen LogP contribution is -2.57. The van der Waals surface area contributed by atoms with Crippen molar-refractivity contribution in [3.05, 3.63) is 0 Å². The summed E-state index contributed by atoms with van der Waals surface area (Å²) in [6.07, 6.45) is -1.81. The zero-order chi connectivity index (χ0) is 26.4. The number of nitrogens with two attached hydrogens (primary N) is 3. The summed E-state index contributed by atoms with van der Waals surface area (Å²) in [5.41, 5.74) is 15.9. The van der Waals surface area contributed by atoms with Crippen LogP contribution in [0, 0.1) is 0 Å². The maximum Gasteiger partial charge on any atom is 0.326 e. The second-order valence-electron chi connectivity index (χ2n) is 6.96. The Hall–Kier alpha value is -3.60. The Balaban J connectivity index is 5.63. The van der Waals surface area contributed by atoms with Crippen LogP contribution >= 0.6 is 12.6 Å². The van der Waals surface area contributed by atoms with E-state index in [1.165, 1.54) is 0 Å². The molecule has 0 aromatic rings. The Morgan fingerprint density at radius 3 is 1.74 bits per heavy atom. The van der Waals surface area contributed by atoms with E-state index in [2.05, 4.69) is 28.3 Å². The maximum absolute atomic E-state index is 12.7. The molecule has 0 aliphatic carbocycles. The number of carboxylic acids is 3. The first-order chi connectivity index (χ1) is 15.8. The van der Waals surface area contributed by atoms with Gasteiger partial charge in [-0.15, -0.1) is 0 Å². The number of aliphatic carboxylic acids is 3. The molecule has 0 bridgehead atoms. The van der Waals surface area contributed by atoms with E-state index in [4.69, 9.17) is 32.5 Å². The highest BCUT2D eigenvalue weighted by Crippen LogP contribution is 2.04. The standard InChI is InChI=1S/C17H29N7O9S/c18-7(6-34)13(29)23-9(4-11(25)26)15(31)22-8(2-1-3-21-17(19)20)14(30)24-10(16(32)33)5-12(27)28/h7-10,34H,1-6,18H2,(H,22,31)(H,23,29)(H,24,30)(H,25,26)(H,27,28)(H,32,33)(H4,19,20,21). The number of carboxylic acid groups (broad SMARTS) is 3. The highest BCUT2D eigenvalue weighted by molar-refractivity contribution is 7.80. The Bertz CT molecular complexity index is 804. The van der Waals surface area contributed by atoms with Crippen LogP contribution in [0.4, 0.5) is 0 Å². The molecule has 12 N–H and O–H groups in total. The molecule has 4 atom stereocenters. The average Bonchev–Trinajstić information content (AvgIpc) is 2.72. The first-order valence-corrected chi connectivity index (χ1v) is 10.4. The highest BCUT2D eigenvalue weighted by Gasteiger charge is 2.31. The number of rotatable bonds is 16. The van der Waals surface area contributed by atoms with Gasteiger partial charge in [0.15, 0.2) is 5.96 Å². The molecule has 16 nitrogen and oxygen atoms in total. The minimum atomic E-state index is -1.80. The zero-order valence-electron chi connectivity index (χ0n) is 18.0. The fourth-order valence-electron chi connectivity index (χ4n) is 2.44. The van der Waals surface area contributed by atoms with E-state index in [-0.39, 0.29) is 31.1 Å². The Kier molecular flexibility index (Phi) is 13.7. The molecule has 192 valence electrons. The van der Waals surface area contributed by atoms with Crippen LogP contribution in [0.25, 0.3) is 0 Å². The van der Waals surface area contributed by atoms with Crippen molar-refractivity contribution in [2.24, 2.45) is 22.2 Å². The molecular weight excluding hydrogens is 478 g/mol. The smallest absolute Gasteiger partial charge is 0.326 e. The molecule has 0 spiro atoms. The molecule has 0 rings (SSSR count). The number of nitrogens with one attached hydrogen (secondary N) is 3. The third-order valence-corrected chi connectivity index (χ3v) is 4.51. The molecule has 0 saturated heterocycles. The van der Waals surface area contributed by atoms with Gasteiger partial charge >= 0.3 is 17.9 Å². The molecule has 0 radical (unpaired) electrons. The van der Waals surface area contributed by atoms with Gasteiger partial charge in [-0.25, -0.2) is 4.79 Å². The van der Waals surface area contributed by atoms with Gasteiger partial charge < -0.3 is 48.5 Å². The molecule has 34 heavy (non-hydrogen) atoms. The fraction of sp³-hybridized carbons (Fsp3) is 0.588. The van der Waals surface area contributed by atoms with Crippen LogP contribution in [0.1, 0.15) is 25.7 Å². The minimum Gasteiger partial charge on any atom is -0.481 e. The van der Waals surface area contributed by atoms with Crippen LogP contribution < -0.4 is 33.2 Å². The van der Waals surface area contributed by atoms with Gasteiger partial charge in [0.1, 0.15) is 18.1 Å². The van der Waals surface area contributed by atoms with Crippen molar-refractivity contribution in [2.75, 3.05) is 12.3 Å². The number of thiol groups is 1. The lowest BCUT2D eigenvalue weighted by molar-refractivity contribution is -0.147. The molecular formula is C17H29N7O9S. The molecule has 0 saturated carbocycles. The number of amides is 3. The van der Waals surface area contributed by atoms with E-state index >= 15 is 0 Å². The summed E-state index contributed by atoms with van der Waals surface area (Å²) in [4.78, 5) is 74.2. The monoisotopic (exact) mass is 507 g/mol. The summed E-state index contributed by atoms with van der Waals surface area (Å²) < 4.78 is 0. The number of carbonyl (C=O) groups excluding carboxylic acids is 3. The quantitative estimate of drug-likeness (QED) is 0.0411. The number of carbonyl (C=O) groups is 6. The maximum atomic E-state index is 12.7. The van der Waals surface area contributed by atoms with E-state index in [0.29, 0.717) is 0 Å². The van der Waals surface area contributed by atoms with Gasteiger partial charge in [0.05, 0.1) is 18.9 Å². The van der Waals surface area contributed by atoms with Gasteiger partial charge in [-0.1, -0.05) is 0 Å². The predicted octanol–water partition coefficient (Wildman–Crippen LogP) is -4.21. The molecule has 0 aromatic heterocycles. The normalized spacial score (nSPS) is 13.9. The molecule has 17 heteroatoms. The Morgan fingerprint density at radius 2 is 1.26 bits per heavy atom. The summed E-state index contributed by atoms with van der Waals surface area (Å²) in [6, 6.07) is -6.01. The van der Waals surface area contributed by atoms with Crippen molar-refractivity contribution in [1.29, 1.82) is 0 Å². The molecule has 0 aromatic carbocycles. The lowest BCUT2D eigenvalue weighted by atomic mass is 10.1. The number of hydrogen-bond donors (Lipinski definition) is 10. The zero-order valence-corrected chi connectivity index (χ0v) is 18.9. The van der Waals surface area contributed by atoms with Crippen LogP contribution in [0.15, 0.2) is 4.99 Å². The van der Waals surface area contributed by atoms with Gasteiger partial charge in [-0.2, -0.15) is 12.6 Å². The van der Waals surface area contributed by atoms with Gasteiger partial charge in [0.25, 0.3) is 0 Å². The summed E-state index contributed by atoms with van der Waals surface area (Å²) in [5.74, 6) is -7.89. The van der Waals surface area contributed by atoms with E-state index in [1.807, 2.05) is 5.32 Å². The van der Waals surface area contributed by atoms with E-state index in [1.54, 1.807) is 0 Å². The topological polar surface area (TPSA) is 290 Å². The van der Waals surface area contributed by atoms with E-state index in [9.17, 15) is 28.8 Å². The van der Waals surface area contributed by atoms with Crippen molar-refractivity contribution in [3.8, 4) is 0 Å². The van der Waals surface area contributed by atoms with Gasteiger partial charge in [0.2, 0.25) is 17.7 Å². The van der Waals surface area contributed by atoms with Crippen molar-refractivity contribution >= 4 is 54.2 Å². The number of aliphatic imine (C=N–C) groups is 1. The predicted molar refractivity (Wildman–Crippen MR) is 120 cm³/mol. The first kappa shape index (κ1) is 30.4. The summed E-state index contributed by atoms with van der Waals surface area (Å²) in [5, 5.41) is 33.4. The third kappa shape index (κ3) is 12.4. The minimum absolute atomic E-state index is 0.0333. The molecule has 3 amide bonds. The van der Waals surface area contributed by atoms with Crippen LogP contribution in [-0.2, 0) is 28.8 Å². The second kappa shape index (κ2) is 15.3. The summed E-state index contributed by atoms with van der Waals surface area (Å²) in [6.45, 7) is 0.0333. The van der Waals surface area contributed by atoms with Crippen LogP contribution in [0.5, 0.6) is 0 Å². The first-order valence-electron chi connectivity index (χ1n) is 9.77. The van der Waals surface area contributed by atoms with Crippen molar-refractivity contribution in [3.63, 3.8) is 0 Å². The van der Waals surface area contributed by atoms with Crippen LogP contribution in [-0.4, -0.2) is 93.4 Å². The fourth-order valence-corrected chi connectivity index (χ4v) is 2.60. The molecule has 4 unspecified atom stereocenters. The van der Waals surface area contributed by atoms with Crippen molar-refractivity contribution in [2.45, 2.75) is 49.9 Å². The summed E-state index contributed by atoms with van der Waals surface area (Å²) >= 11 is 3.84. The molecule has 0 aliphatic rings.